The van der Waals surface area contributed by atoms with Gasteiger partial charge in [-0.15, -0.1) is 0 Å². The van der Waals surface area contributed by atoms with Crippen LogP contribution in [0.4, 0.5) is 5.69 Å². The first-order chi connectivity index (χ1) is 15.5. The quantitative estimate of drug-likeness (QED) is 0.329. The third kappa shape index (κ3) is 6.32. The summed E-state index contributed by atoms with van der Waals surface area (Å²) in [6, 6.07) is 19.1. The van der Waals surface area contributed by atoms with Crippen LogP contribution in [0.25, 0.3) is 0 Å². The number of nitrogens with zero attached hydrogens (tertiary/aromatic N) is 1. The molecule has 0 radical (unpaired) electrons. The summed E-state index contributed by atoms with van der Waals surface area (Å²) in [6.07, 6.45) is 1.47. The van der Waals surface area contributed by atoms with Crippen LogP contribution in [0.15, 0.2) is 76.3 Å². The van der Waals surface area contributed by atoms with Crippen LogP contribution in [0.1, 0.15) is 15.9 Å². The van der Waals surface area contributed by atoms with Crippen LogP contribution in [0.5, 0.6) is 11.5 Å². The number of carbonyl (C=O) groups is 2. The van der Waals surface area contributed by atoms with Crippen molar-refractivity contribution in [3.05, 3.63) is 87.4 Å². The number of anilines is 1. The lowest BCUT2D eigenvalue weighted by atomic mass is 10.2. The minimum atomic E-state index is -0.374. The number of nitrogens with one attached hydrogen (secondary N) is 2. The van der Waals surface area contributed by atoms with Gasteiger partial charge in [0.2, 0.25) is 0 Å². The Hall–Kier alpha value is -3.36. The molecule has 0 fully saturated rings. The zero-order chi connectivity index (χ0) is 22.9. The molecule has 32 heavy (non-hydrogen) atoms. The molecule has 0 saturated carbocycles. The van der Waals surface area contributed by atoms with Crippen molar-refractivity contribution in [2.75, 3.05) is 19.0 Å². The van der Waals surface area contributed by atoms with Crippen LogP contribution < -0.4 is 20.2 Å². The lowest BCUT2D eigenvalue weighted by Crippen LogP contribution is -2.20. The Morgan fingerprint density at radius 2 is 1.81 bits per heavy atom. The van der Waals surface area contributed by atoms with Gasteiger partial charge in [-0.2, -0.15) is 5.10 Å². The van der Waals surface area contributed by atoms with E-state index in [1.54, 1.807) is 60.7 Å². The van der Waals surface area contributed by atoms with Crippen molar-refractivity contribution in [1.29, 1.82) is 0 Å². The smallest absolute Gasteiger partial charge is 0.271 e. The molecule has 2 amide bonds. The molecule has 164 valence electrons. The maximum absolute atomic E-state index is 12.2. The third-order valence-electron chi connectivity index (χ3n) is 4.16. The highest BCUT2D eigenvalue weighted by molar-refractivity contribution is 9.10. The number of hydrogen-bond acceptors (Lipinski definition) is 5. The second kappa shape index (κ2) is 11.3. The summed E-state index contributed by atoms with van der Waals surface area (Å²) >= 11 is 9.47. The van der Waals surface area contributed by atoms with Crippen LogP contribution in [0.3, 0.4) is 0 Å². The summed E-state index contributed by atoms with van der Waals surface area (Å²) in [5.74, 6) is 0.0479. The van der Waals surface area contributed by atoms with E-state index in [2.05, 4.69) is 31.8 Å². The molecule has 2 N–H and O–H groups in total. The standard InChI is InChI=1S/C23H19BrClN3O4/c1-31-20-12-15(13-26-28-23(30)16-7-3-2-4-8-16)11-17(24)22(20)32-14-21(29)27-19-10-6-5-9-18(19)25/h2-13H,14H2,1H3,(H,27,29)(H,28,30)/b26-13+. The molecular weight excluding hydrogens is 498 g/mol. The molecular formula is C23H19BrClN3O4. The van der Waals surface area contributed by atoms with Gasteiger partial charge in [0.15, 0.2) is 18.1 Å². The van der Waals surface area contributed by atoms with Crippen LogP contribution in [0, 0.1) is 0 Å². The van der Waals surface area contributed by atoms with E-state index in [9.17, 15) is 9.59 Å². The molecule has 3 aromatic carbocycles. The Morgan fingerprint density at radius 1 is 1.09 bits per heavy atom. The molecule has 0 aliphatic carbocycles. The molecule has 0 heterocycles. The highest BCUT2D eigenvalue weighted by Crippen LogP contribution is 2.36. The number of amides is 2. The molecule has 3 rings (SSSR count). The average molecular weight is 517 g/mol. The van der Waals surface area contributed by atoms with E-state index in [-0.39, 0.29) is 18.4 Å². The molecule has 3 aromatic rings. The van der Waals surface area contributed by atoms with Gasteiger partial charge in [-0.1, -0.05) is 41.9 Å². The van der Waals surface area contributed by atoms with Gasteiger partial charge in [0.1, 0.15) is 0 Å². The maximum Gasteiger partial charge on any atom is 0.271 e. The first-order valence-electron chi connectivity index (χ1n) is 9.41. The number of halogens is 2. The Balaban J connectivity index is 1.63. The van der Waals surface area contributed by atoms with Crippen molar-refractivity contribution >= 4 is 51.2 Å². The van der Waals surface area contributed by atoms with Gasteiger partial charge >= 0.3 is 0 Å². The average Bonchev–Trinajstić information content (AvgIpc) is 2.80. The largest absolute Gasteiger partial charge is 0.493 e. The lowest BCUT2D eigenvalue weighted by molar-refractivity contribution is -0.118. The molecule has 0 atom stereocenters. The topological polar surface area (TPSA) is 89.0 Å². The second-order valence-corrected chi connectivity index (χ2v) is 7.68. The van der Waals surface area contributed by atoms with Crippen LogP contribution in [-0.4, -0.2) is 31.7 Å². The summed E-state index contributed by atoms with van der Waals surface area (Å²) < 4.78 is 11.6. The van der Waals surface area contributed by atoms with Crippen LogP contribution >= 0.6 is 27.5 Å². The summed E-state index contributed by atoms with van der Waals surface area (Å²) in [5, 5.41) is 7.10. The molecule has 0 aliphatic rings. The van der Waals surface area contributed by atoms with Gasteiger partial charge in [-0.05, 0) is 57.9 Å². The minimum Gasteiger partial charge on any atom is -0.493 e. The Morgan fingerprint density at radius 3 is 2.53 bits per heavy atom. The zero-order valence-corrected chi connectivity index (χ0v) is 19.3. The zero-order valence-electron chi connectivity index (χ0n) is 17.0. The molecule has 0 aliphatic heterocycles. The van der Waals surface area contributed by atoms with E-state index in [1.165, 1.54) is 13.3 Å². The Kier molecular flexibility index (Phi) is 8.24. The van der Waals surface area contributed by atoms with Crippen molar-refractivity contribution in [3.8, 4) is 11.5 Å². The number of para-hydroxylation sites is 1. The molecule has 9 heteroatoms. The maximum atomic E-state index is 12.2. The number of hydrazone groups is 1. The van der Waals surface area contributed by atoms with E-state index in [0.29, 0.717) is 37.8 Å². The van der Waals surface area contributed by atoms with Gasteiger partial charge < -0.3 is 14.8 Å². The SMILES string of the molecule is COc1cc(/C=N/NC(=O)c2ccccc2)cc(Br)c1OCC(=O)Nc1ccccc1Cl. The molecule has 0 saturated heterocycles. The van der Waals surface area contributed by atoms with Gasteiger partial charge in [-0.3, -0.25) is 9.59 Å². The summed E-state index contributed by atoms with van der Waals surface area (Å²) in [6.45, 7) is -0.249. The predicted molar refractivity (Wildman–Crippen MR) is 128 cm³/mol. The fourth-order valence-electron chi connectivity index (χ4n) is 2.66. The van der Waals surface area contributed by atoms with Gasteiger partial charge in [0.05, 0.1) is 28.5 Å². The Labute approximate surface area is 198 Å². The Bertz CT molecular complexity index is 1140. The van der Waals surface area contributed by atoms with Gasteiger partial charge in [0.25, 0.3) is 11.8 Å². The summed E-state index contributed by atoms with van der Waals surface area (Å²) in [4.78, 5) is 24.3. The van der Waals surface area contributed by atoms with Crippen molar-refractivity contribution in [2.24, 2.45) is 5.10 Å². The number of methoxy groups -OCH3 is 1. The number of ether oxygens (including phenoxy) is 2. The minimum absolute atomic E-state index is 0.249. The predicted octanol–water partition coefficient (Wildman–Crippen LogP) is 4.89. The molecule has 0 aromatic heterocycles. The lowest BCUT2D eigenvalue weighted by Gasteiger charge is -2.14. The molecule has 0 spiro atoms. The number of rotatable bonds is 8. The van der Waals surface area contributed by atoms with Crippen LogP contribution in [-0.2, 0) is 4.79 Å². The van der Waals surface area contributed by atoms with Gasteiger partial charge in [-0.25, -0.2) is 5.43 Å². The molecule has 7 nitrogen and oxygen atoms in total. The van der Waals surface area contributed by atoms with E-state index in [4.69, 9.17) is 21.1 Å². The fourth-order valence-corrected chi connectivity index (χ4v) is 3.42. The summed E-state index contributed by atoms with van der Waals surface area (Å²) in [5.41, 5.74) is 4.11. The van der Waals surface area contributed by atoms with Gasteiger partial charge in [0, 0.05) is 5.56 Å². The normalized spacial score (nSPS) is 10.6. The first-order valence-corrected chi connectivity index (χ1v) is 10.6. The third-order valence-corrected chi connectivity index (χ3v) is 5.08. The van der Waals surface area contributed by atoms with Crippen molar-refractivity contribution in [1.82, 2.24) is 5.43 Å². The molecule has 0 bridgehead atoms. The van der Waals surface area contributed by atoms with E-state index in [0.717, 1.165) is 0 Å². The van der Waals surface area contributed by atoms with Crippen molar-refractivity contribution < 1.29 is 19.1 Å². The van der Waals surface area contributed by atoms with Crippen molar-refractivity contribution in [3.63, 3.8) is 0 Å². The monoisotopic (exact) mass is 515 g/mol. The number of benzene rings is 3. The van der Waals surface area contributed by atoms with E-state index in [1.807, 2.05) is 6.07 Å². The number of hydrogen-bond donors (Lipinski definition) is 2. The molecule has 0 unspecified atom stereocenters. The fraction of sp³-hybridized carbons (Fsp3) is 0.0870. The first kappa shape index (κ1) is 23.3. The highest BCUT2D eigenvalue weighted by atomic mass is 79.9. The van der Waals surface area contributed by atoms with Crippen molar-refractivity contribution in [2.45, 2.75) is 0 Å². The highest BCUT2D eigenvalue weighted by Gasteiger charge is 2.14. The summed E-state index contributed by atoms with van der Waals surface area (Å²) in [7, 11) is 1.48. The van der Waals surface area contributed by atoms with E-state index >= 15 is 0 Å². The number of carbonyl (C=O) groups excluding carboxylic acids is 2. The van der Waals surface area contributed by atoms with E-state index < -0.39 is 0 Å². The van der Waals surface area contributed by atoms with Crippen LogP contribution in [0.2, 0.25) is 5.02 Å². The second-order valence-electron chi connectivity index (χ2n) is 6.42.